The number of aliphatic hydroxyl groups is 2. The second-order valence-corrected chi connectivity index (χ2v) is 4.10. The van der Waals surface area contributed by atoms with E-state index in [1.165, 1.54) is 6.92 Å². The minimum atomic E-state index is -4.62. The first-order valence-electron chi connectivity index (χ1n) is 6.00. The van der Waals surface area contributed by atoms with Crippen LogP contribution in [0.2, 0.25) is 0 Å². The molecular weight excluding hydrogens is 293 g/mol. The fourth-order valence-electron chi connectivity index (χ4n) is 1.66. The largest absolute Gasteiger partial charge is 0.496 e. The summed E-state index contributed by atoms with van der Waals surface area (Å²) in [4.78, 5) is 11.3. The van der Waals surface area contributed by atoms with Gasteiger partial charge in [0.2, 0.25) is 0 Å². The molecule has 118 valence electrons. The molecule has 0 fully saturated rings. The van der Waals surface area contributed by atoms with Crippen LogP contribution in [0, 0.1) is 0 Å². The van der Waals surface area contributed by atoms with Crippen LogP contribution in [0.1, 0.15) is 24.2 Å². The zero-order chi connectivity index (χ0) is 16.2. The lowest BCUT2D eigenvalue weighted by atomic mass is 10.0. The van der Waals surface area contributed by atoms with Gasteiger partial charge in [-0.3, -0.25) is 0 Å². The first-order chi connectivity index (χ1) is 9.72. The van der Waals surface area contributed by atoms with E-state index in [1.54, 1.807) is 0 Å². The predicted molar refractivity (Wildman–Crippen MR) is 65.6 cm³/mol. The van der Waals surface area contributed by atoms with Gasteiger partial charge in [-0.05, 0) is 24.6 Å². The number of carbonyl (C=O) groups excluding carboxylic acids is 1. The number of hydrogen-bond donors (Lipinski definition) is 2. The predicted octanol–water partition coefficient (Wildman–Crippen LogP) is 1.67. The van der Waals surface area contributed by atoms with Gasteiger partial charge < -0.3 is 19.7 Å². The number of methoxy groups -OCH3 is 1. The van der Waals surface area contributed by atoms with Crippen LogP contribution in [0.4, 0.5) is 13.2 Å². The molecule has 0 aliphatic heterocycles. The van der Waals surface area contributed by atoms with Crippen LogP contribution < -0.4 is 4.74 Å². The fraction of sp³-hybridized carbons (Fsp3) is 0.462. The lowest BCUT2D eigenvalue weighted by molar-refractivity contribution is -0.159. The lowest BCUT2D eigenvalue weighted by Crippen LogP contribution is -2.30. The molecule has 8 heteroatoms. The summed E-state index contributed by atoms with van der Waals surface area (Å²) in [6.07, 6.45) is -8.24. The van der Waals surface area contributed by atoms with Gasteiger partial charge in [0.25, 0.3) is 0 Å². The van der Waals surface area contributed by atoms with E-state index in [0.717, 1.165) is 19.2 Å². The number of benzene rings is 1. The Bertz CT molecular complexity index is 501. The summed E-state index contributed by atoms with van der Waals surface area (Å²) in [6, 6.07) is 2.57. The average Bonchev–Trinajstić information content (AvgIpc) is 2.44. The zero-order valence-electron chi connectivity index (χ0n) is 11.3. The molecule has 21 heavy (non-hydrogen) atoms. The highest BCUT2D eigenvalue weighted by Gasteiger charge is 2.35. The van der Waals surface area contributed by atoms with Crippen LogP contribution in [0.3, 0.4) is 0 Å². The third kappa shape index (κ3) is 4.08. The van der Waals surface area contributed by atoms with E-state index in [4.69, 9.17) is 0 Å². The molecule has 0 radical (unpaired) electrons. The summed E-state index contributed by atoms with van der Waals surface area (Å²) >= 11 is 0. The summed E-state index contributed by atoms with van der Waals surface area (Å²) < 4.78 is 47.2. The Labute approximate surface area is 118 Å². The van der Waals surface area contributed by atoms with E-state index in [2.05, 4.69) is 9.47 Å². The number of rotatable bonds is 5. The van der Waals surface area contributed by atoms with Crippen LogP contribution >= 0.6 is 0 Å². The Balaban J connectivity index is 3.07. The van der Waals surface area contributed by atoms with Gasteiger partial charge >= 0.3 is 12.1 Å². The van der Waals surface area contributed by atoms with E-state index in [1.807, 2.05) is 0 Å². The van der Waals surface area contributed by atoms with Crippen molar-refractivity contribution in [1.82, 2.24) is 0 Å². The highest BCUT2D eigenvalue weighted by molar-refractivity contribution is 5.75. The van der Waals surface area contributed by atoms with Crippen LogP contribution in [0.25, 0.3) is 0 Å². The molecule has 1 aromatic carbocycles. The van der Waals surface area contributed by atoms with E-state index in [9.17, 15) is 28.2 Å². The van der Waals surface area contributed by atoms with Crippen molar-refractivity contribution in [2.45, 2.75) is 25.3 Å². The molecule has 0 heterocycles. The molecule has 0 aliphatic carbocycles. The van der Waals surface area contributed by atoms with Gasteiger partial charge in [0, 0.05) is 0 Å². The van der Waals surface area contributed by atoms with Crippen molar-refractivity contribution in [2.24, 2.45) is 0 Å². The van der Waals surface area contributed by atoms with Crippen LogP contribution in [-0.2, 0) is 15.7 Å². The van der Waals surface area contributed by atoms with Crippen molar-refractivity contribution in [2.75, 3.05) is 13.7 Å². The van der Waals surface area contributed by atoms with Gasteiger partial charge in [-0.1, -0.05) is 6.07 Å². The molecule has 0 aromatic heterocycles. The highest BCUT2D eigenvalue weighted by atomic mass is 19.4. The standard InChI is InChI=1S/C13H15F3O5/c1-3-21-12(19)11(18)10(17)7-4-5-8(13(14,15)16)9(6-7)20-2/h4-6,10-11,17-18H,3H2,1-2H3. The summed E-state index contributed by atoms with van der Waals surface area (Å²) in [5.74, 6) is -1.58. The quantitative estimate of drug-likeness (QED) is 0.809. The maximum atomic E-state index is 12.7. The summed E-state index contributed by atoms with van der Waals surface area (Å²) in [6.45, 7) is 1.51. The number of aliphatic hydroxyl groups excluding tert-OH is 2. The van der Waals surface area contributed by atoms with Crippen molar-refractivity contribution < 1.29 is 37.7 Å². The Morgan fingerprint density at radius 1 is 1.33 bits per heavy atom. The number of esters is 1. The molecule has 0 bridgehead atoms. The van der Waals surface area contributed by atoms with Crippen molar-refractivity contribution in [3.63, 3.8) is 0 Å². The second-order valence-electron chi connectivity index (χ2n) is 4.10. The molecule has 2 N–H and O–H groups in total. The maximum Gasteiger partial charge on any atom is 0.419 e. The van der Waals surface area contributed by atoms with Gasteiger partial charge in [-0.2, -0.15) is 13.2 Å². The normalized spacial score (nSPS) is 14.4. The molecule has 0 spiro atoms. The summed E-state index contributed by atoms with van der Waals surface area (Å²) in [5, 5.41) is 19.4. The minimum Gasteiger partial charge on any atom is -0.496 e. The smallest absolute Gasteiger partial charge is 0.419 e. The molecule has 0 aliphatic rings. The number of ether oxygens (including phenoxy) is 2. The van der Waals surface area contributed by atoms with Gasteiger partial charge in [-0.15, -0.1) is 0 Å². The monoisotopic (exact) mass is 308 g/mol. The van der Waals surface area contributed by atoms with E-state index in [0.29, 0.717) is 6.07 Å². The third-order valence-electron chi connectivity index (χ3n) is 2.70. The first kappa shape index (κ1) is 17.3. The van der Waals surface area contributed by atoms with E-state index >= 15 is 0 Å². The van der Waals surface area contributed by atoms with Gasteiger partial charge in [0.05, 0.1) is 19.3 Å². The molecule has 0 saturated carbocycles. The minimum absolute atomic E-state index is 0.00105. The first-order valence-corrected chi connectivity index (χ1v) is 6.00. The molecule has 0 amide bonds. The Kier molecular flexibility index (Phi) is 5.56. The summed E-state index contributed by atoms with van der Waals surface area (Å²) in [7, 11) is 1.04. The molecular formula is C13H15F3O5. The molecule has 2 atom stereocenters. The molecule has 2 unspecified atom stereocenters. The number of alkyl halides is 3. The molecule has 1 rings (SSSR count). The van der Waals surface area contributed by atoms with Crippen molar-refractivity contribution in [1.29, 1.82) is 0 Å². The van der Waals surface area contributed by atoms with Crippen LogP contribution in [0.15, 0.2) is 18.2 Å². The average molecular weight is 308 g/mol. The van der Waals surface area contributed by atoms with Crippen LogP contribution in [0.5, 0.6) is 5.75 Å². The maximum absolute atomic E-state index is 12.7. The van der Waals surface area contributed by atoms with E-state index < -0.39 is 35.7 Å². The zero-order valence-corrected chi connectivity index (χ0v) is 11.3. The fourth-order valence-corrected chi connectivity index (χ4v) is 1.66. The Morgan fingerprint density at radius 2 is 1.95 bits per heavy atom. The van der Waals surface area contributed by atoms with Crippen molar-refractivity contribution >= 4 is 5.97 Å². The lowest BCUT2D eigenvalue weighted by Gasteiger charge is -2.19. The van der Waals surface area contributed by atoms with Gasteiger partial charge in [0.15, 0.2) is 6.10 Å². The Hall–Kier alpha value is -1.80. The molecule has 0 saturated heterocycles. The Morgan fingerprint density at radius 3 is 2.43 bits per heavy atom. The van der Waals surface area contributed by atoms with Gasteiger partial charge in [-0.25, -0.2) is 4.79 Å². The van der Waals surface area contributed by atoms with Crippen LogP contribution in [-0.4, -0.2) is 36.0 Å². The third-order valence-corrected chi connectivity index (χ3v) is 2.70. The summed E-state index contributed by atoms with van der Waals surface area (Å²) in [5.41, 5.74) is -1.12. The van der Waals surface area contributed by atoms with Crippen molar-refractivity contribution in [3.8, 4) is 5.75 Å². The number of hydrogen-bond acceptors (Lipinski definition) is 5. The number of carbonyl (C=O) groups is 1. The molecule has 5 nitrogen and oxygen atoms in total. The topological polar surface area (TPSA) is 76.0 Å². The number of halogens is 3. The second kappa shape index (κ2) is 6.77. The van der Waals surface area contributed by atoms with Crippen molar-refractivity contribution in [3.05, 3.63) is 29.3 Å². The van der Waals surface area contributed by atoms with Gasteiger partial charge in [0.1, 0.15) is 11.9 Å². The highest BCUT2D eigenvalue weighted by Crippen LogP contribution is 2.37. The SMILES string of the molecule is CCOC(=O)C(O)C(O)c1ccc(C(F)(F)F)c(OC)c1. The van der Waals surface area contributed by atoms with E-state index in [-0.39, 0.29) is 12.2 Å². The molecule has 1 aromatic rings.